The van der Waals surface area contributed by atoms with Gasteiger partial charge >= 0.3 is 0 Å². The Morgan fingerprint density at radius 1 is 1.31 bits per heavy atom. The van der Waals surface area contributed by atoms with E-state index in [1.165, 1.54) is 31.5 Å². The molecule has 1 aliphatic heterocycles. The summed E-state index contributed by atoms with van der Waals surface area (Å²) in [6.07, 6.45) is 6.75. The van der Waals surface area contributed by atoms with Crippen LogP contribution in [0.5, 0.6) is 0 Å². The largest absolute Gasteiger partial charge is 0.314 e. The summed E-state index contributed by atoms with van der Waals surface area (Å²) in [6, 6.07) is 2.22. The zero-order chi connectivity index (χ0) is 10.8. The maximum absolute atomic E-state index is 4.28. The van der Waals surface area contributed by atoms with E-state index in [-0.39, 0.29) is 0 Å². The van der Waals surface area contributed by atoms with Gasteiger partial charge in [0.25, 0.3) is 0 Å². The van der Waals surface area contributed by atoms with Crippen molar-refractivity contribution in [3.63, 3.8) is 0 Å². The number of hydrogen-bond acceptors (Lipinski definition) is 3. The van der Waals surface area contributed by atoms with Crippen molar-refractivity contribution < 1.29 is 0 Å². The number of nitrogens with one attached hydrogen (secondary N) is 1. The second kappa shape index (κ2) is 4.52. The van der Waals surface area contributed by atoms with E-state index >= 15 is 0 Å². The van der Waals surface area contributed by atoms with Gasteiger partial charge in [-0.25, -0.2) is 0 Å². The molecule has 3 heteroatoms. The first-order chi connectivity index (χ1) is 7.93. The Morgan fingerprint density at radius 3 is 2.88 bits per heavy atom. The number of rotatable bonds is 3. The number of aromatic nitrogens is 1. The van der Waals surface area contributed by atoms with E-state index in [1.54, 1.807) is 5.56 Å². The van der Waals surface area contributed by atoms with Crippen molar-refractivity contribution in [1.29, 1.82) is 0 Å². The van der Waals surface area contributed by atoms with Crippen LogP contribution in [0.1, 0.15) is 29.9 Å². The Hall–Kier alpha value is -0.930. The highest BCUT2D eigenvalue weighted by Gasteiger charge is 2.26. The van der Waals surface area contributed by atoms with Gasteiger partial charge in [0, 0.05) is 45.1 Å². The molecule has 1 saturated heterocycles. The van der Waals surface area contributed by atoms with Crippen LogP contribution < -0.4 is 5.32 Å². The second-order valence-corrected chi connectivity index (χ2v) is 4.87. The van der Waals surface area contributed by atoms with Crippen molar-refractivity contribution >= 4 is 0 Å². The molecule has 2 fully saturated rings. The second-order valence-electron chi connectivity index (χ2n) is 4.87. The first-order valence-electron chi connectivity index (χ1n) is 6.29. The number of hydrogen-bond donors (Lipinski definition) is 1. The number of piperazine rings is 1. The van der Waals surface area contributed by atoms with Crippen LogP contribution >= 0.6 is 0 Å². The zero-order valence-electron chi connectivity index (χ0n) is 9.65. The van der Waals surface area contributed by atoms with Gasteiger partial charge in [-0.1, -0.05) is 0 Å². The predicted octanol–water partition coefficient (Wildman–Crippen LogP) is 1.36. The van der Waals surface area contributed by atoms with E-state index < -0.39 is 0 Å². The maximum Gasteiger partial charge on any atom is 0.0315 e. The summed E-state index contributed by atoms with van der Waals surface area (Å²) in [4.78, 5) is 6.81. The molecule has 3 nitrogen and oxygen atoms in total. The van der Waals surface area contributed by atoms with Gasteiger partial charge in [-0.15, -0.1) is 0 Å². The first kappa shape index (κ1) is 10.2. The minimum Gasteiger partial charge on any atom is -0.314 e. The average molecular weight is 217 g/mol. The van der Waals surface area contributed by atoms with Gasteiger partial charge in [-0.05, 0) is 36.0 Å². The minimum atomic E-state index is 0.834. The van der Waals surface area contributed by atoms with Crippen LogP contribution in [0.25, 0.3) is 0 Å². The molecule has 0 unspecified atom stereocenters. The highest BCUT2D eigenvalue weighted by Crippen LogP contribution is 2.41. The third-order valence-corrected chi connectivity index (χ3v) is 3.56. The molecular formula is C13H19N3. The normalized spacial score (nSPS) is 22.2. The van der Waals surface area contributed by atoms with Gasteiger partial charge in [0.05, 0.1) is 0 Å². The van der Waals surface area contributed by atoms with Gasteiger partial charge in [0.2, 0.25) is 0 Å². The summed E-state index contributed by atoms with van der Waals surface area (Å²) in [5.74, 6) is 0.834. The molecule has 2 heterocycles. The fraction of sp³-hybridized carbons (Fsp3) is 0.615. The van der Waals surface area contributed by atoms with Crippen LogP contribution in [0.15, 0.2) is 18.5 Å². The van der Waals surface area contributed by atoms with Gasteiger partial charge in [0.15, 0.2) is 0 Å². The van der Waals surface area contributed by atoms with Crippen LogP contribution in [0, 0.1) is 0 Å². The number of nitrogens with zero attached hydrogens (tertiary/aromatic N) is 2. The van der Waals surface area contributed by atoms with Crippen molar-refractivity contribution in [1.82, 2.24) is 15.2 Å². The van der Waals surface area contributed by atoms with E-state index in [0.717, 1.165) is 25.6 Å². The molecule has 1 aliphatic carbocycles. The lowest BCUT2D eigenvalue weighted by molar-refractivity contribution is 0.232. The topological polar surface area (TPSA) is 28.2 Å². The smallest absolute Gasteiger partial charge is 0.0315 e. The van der Waals surface area contributed by atoms with E-state index in [4.69, 9.17) is 0 Å². The minimum absolute atomic E-state index is 0.834. The highest BCUT2D eigenvalue weighted by atomic mass is 15.2. The predicted molar refractivity (Wildman–Crippen MR) is 64.4 cm³/mol. The SMILES string of the molecule is c1cc(C2CC2)c(CN2CCNCC2)cn1. The van der Waals surface area contributed by atoms with Crippen LogP contribution in [0.4, 0.5) is 0 Å². The highest BCUT2D eigenvalue weighted by molar-refractivity contribution is 5.30. The molecule has 0 radical (unpaired) electrons. The fourth-order valence-corrected chi connectivity index (χ4v) is 2.47. The van der Waals surface area contributed by atoms with Crippen LogP contribution in [-0.4, -0.2) is 36.1 Å². The Balaban J connectivity index is 1.72. The maximum atomic E-state index is 4.28. The lowest BCUT2D eigenvalue weighted by Crippen LogP contribution is -2.43. The van der Waals surface area contributed by atoms with Crippen molar-refractivity contribution in [2.24, 2.45) is 0 Å². The van der Waals surface area contributed by atoms with Crippen LogP contribution in [0.3, 0.4) is 0 Å². The standard InChI is InChI=1S/C13H19N3/c1-2-11(1)13-3-4-15-9-12(13)10-16-7-5-14-6-8-16/h3-4,9,11,14H,1-2,5-8,10H2. The Kier molecular flexibility index (Phi) is 2.89. The lowest BCUT2D eigenvalue weighted by atomic mass is 10.1. The van der Waals surface area contributed by atoms with E-state index in [2.05, 4.69) is 27.5 Å². The number of pyridine rings is 1. The molecular weight excluding hydrogens is 198 g/mol. The van der Waals surface area contributed by atoms with Gasteiger partial charge in [-0.2, -0.15) is 0 Å². The molecule has 2 aliphatic rings. The van der Waals surface area contributed by atoms with Crippen LogP contribution in [0.2, 0.25) is 0 Å². The lowest BCUT2D eigenvalue weighted by Gasteiger charge is -2.27. The summed E-state index contributed by atoms with van der Waals surface area (Å²) in [7, 11) is 0. The Bertz CT molecular complexity index is 354. The van der Waals surface area contributed by atoms with E-state index in [9.17, 15) is 0 Å². The monoisotopic (exact) mass is 217 g/mol. The Morgan fingerprint density at radius 2 is 2.12 bits per heavy atom. The van der Waals surface area contributed by atoms with Crippen molar-refractivity contribution in [2.45, 2.75) is 25.3 Å². The molecule has 3 rings (SSSR count). The van der Waals surface area contributed by atoms with E-state index in [0.29, 0.717) is 0 Å². The summed E-state index contributed by atoms with van der Waals surface area (Å²) in [5, 5.41) is 3.39. The van der Waals surface area contributed by atoms with Gasteiger partial charge in [0.1, 0.15) is 0 Å². The molecule has 1 N–H and O–H groups in total. The average Bonchev–Trinajstić information content (AvgIpc) is 3.15. The van der Waals surface area contributed by atoms with Crippen molar-refractivity contribution in [3.05, 3.63) is 29.6 Å². The molecule has 0 bridgehead atoms. The third-order valence-electron chi connectivity index (χ3n) is 3.56. The van der Waals surface area contributed by atoms with Gasteiger partial charge < -0.3 is 5.32 Å². The molecule has 86 valence electrons. The molecule has 16 heavy (non-hydrogen) atoms. The fourth-order valence-electron chi connectivity index (χ4n) is 2.47. The third kappa shape index (κ3) is 2.25. The molecule has 0 spiro atoms. The molecule has 0 amide bonds. The van der Waals surface area contributed by atoms with Gasteiger partial charge in [-0.3, -0.25) is 9.88 Å². The molecule has 0 atom stereocenters. The molecule has 0 aromatic carbocycles. The summed E-state index contributed by atoms with van der Waals surface area (Å²) < 4.78 is 0. The molecule has 1 saturated carbocycles. The van der Waals surface area contributed by atoms with Crippen LogP contribution in [-0.2, 0) is 6.54 Å². The zero-order valence-corrected chi connectivity index (χ0v) is 9.65. The summed E-state index contributed by atoms with van der Waals surface area (Å²) in [5.41, 5.74) is 3.00. The van der Waals surface area contributed by atoms with E-state index in [1.807, 2.05) is 6.20 Å². The molecule has 1 aromatic heterocycles. The van der Waals surface area contributed by atoms with Crippen molar-refractivity contribution in [3.8, 4) is 0 Å². The quantitative estimate of drug-likeness (QED) is 0.828. The molecule has 1 aromatic rings. The summed E-state index contributed by atoms with van der Waals surface area (Å²) >= 11 is 0. The summed E-state index contributed by atoms with van der Waals surface area (Å²) in [6.45, 7) is 5.66. The van der Waals surface area contributed by atoms with Crippen molar-refractivity contribution in [2.75, 3.05) is 26.2 Å². The first-order valence-corrected chi connectivity index (χ1v) is 6.29. The Labute approximate surface area is 96.9 Å².